The number of nitrogens with zero attached hydrogens (tertiary/aromatic N) is 3. The van der Waals surface area contributed by atoms with Gasteiger partial charge in [-0.05, 0) is 60.0 Å². The first-order chi connectivity index (χ1) is 17.0. The van der Waals surface area contributed by atoms with E-state index in [4.69, 9.17) is 19.6 Å². The molecule has 1 N–H and O–H groups in total. The highest BCUT2D eigenvalue weighted by Gasteiger charge is 2.35. The average molecular weight is 491 g/mol. The summed E-state index contributed by atoms with van der Waals surface area (Å²) in [7, 11) is 1.55. The molecule has 4 rings (SSSR count). The normalized spacial score (nSPS) is 16.1. The van der Waals surface area contributed by atoms with Gasteiger partial charge in [-0.1, -0.05) is 37.3 Å². The van der Waals surface area contributed by atoms with Crippen molar-refractivity contribution in [2.75, 3.05) is 20.3 Å². The average Bonchev–Trinajstić information content (AvgIpc) is 3.29. The largest absolute Gasteiger partial charge is 0.493 e. The number of amides is 1. The molecular formula is C26H26N4O4S. The van der Waals surface area contributed by atoms with E-state index in [1.54, 1.807) is 31.4 Å². The second-order valence-corrected chi connectivity index (χ2v) is 8.62. The Bertz CT molecular complexity index is 1250. The Labute approximate surface area is 208 Å². The quantitative estimate of drug-likeness (QED) is 0.289. The third-order valence-electron chi connectivity index (χ3n) is 5.23. The van der Waals surface area contributed by atoms with Crippen LogP contribution in [0.4, 0.5) is 0 Å². The zero-order valence-electron chi connectivity index (χ0n) is 19.6. The lowest BCUT2D eigenvalue weighted by molar-refractivity contribution is -0.114. The first kappa shape index (κ1) is 24.3. The summed E-state index contributed by atoms with van der Waals surface area (Å²) >= 11 is 1.32. The van der Waals surface area contributed by atoms with Crippen molar-refractivity contribution in [2.45, 2.75) is 19.8 Å². The van der Waals surface area contributed by atoms with Crippen LogP contribution in [0.1, 0.15) is 24.5 Å². The van der Waals surface area contributed by atoms with Crippen molar-refractivity contribution in [3.05, 3.63) is 71.8 Å². The zero-order chi connectivity index (χ0) is 24.8. The Kier molecular flexibility index (Phi) is 7.67. The van der Waals surface area contributed by atoms with Gasteiger partial charge in [-0.3, -0.25) is 10.2 Å². The van der Waals surface area contributed by atoms with Crippen LogP contribution in [0, 0.1) is 5.41 Å². The van der Waals surface area contributed by atoms with Crippen molar-refractivity contribution in [3.63, 3.8) is 0 Å². The molecule has 0 atom stereocenters. The van der Waals surface area contributed by atoms with Gasteiger partial charge in [-0.25, -0.2) is 0 Å². The number of carbonyl (C=O) groups excluding carboxylic acids is 1. The van der Waals surface area contributed by atoms with Crippen molar-refractivity contribution >= 4 is 39.8 Å². The van der Waals surface area contributed by atoms with Gasteiger partial charge in [0.15, 0.2) is 17.3 Å². The number of methoxy groups -OCH3 is 1. The number of rotatable bonds is 10. The lowest BCUT2D eigenvalue weighted by Crippen LogP contribution is -2.35. The van der Waals surface area contributed by atoms with Crippen LogP contribution < -0.4 is 14.2 Å². The summed E-state index contributed by atoms with van der Waals surface area (Å²) in [5, 5.41) is 15.5. The van der Waals surface area contributed by atoms with Crippen molar-refractivity contribution in [2.24, 2.45) is 10.1 Å². The Balaban J connectivity index is 1.43. The highest BCUT2D eigenvalue weighted by atomic mass is 32.2. The van der Waals surface area contributed by atoms with E-state index in [9.17, 15) is 4.79 Å². The SMILES string of the molecule is C=CCc1ccccc1OCCOc1ccc(C=C2C(=N)N3N=C(CC)SC3=NC2=O)cc1OC. The molecule has 8 nitrogen and oxygen atoms in total. The van der Waals surface area contributed by atoms with Gasteiger partial charge in [0.25, 0.3) is 5.91 Å². The number of para-hydroxylation sites is 1. The second-order valence-electron chi connectivity index (χ2n) is 7.58. The van der Waals surface area contributed by atoms with Crippen molar-refractivity contribution in [1.29, 1.82) is 5.41 Å². The molecule has 0 bridgehead atoms. The Morgan fingerprint density at radius 2 is 1.89 bits per heavy atom. The van der Waals surface area contributed by atoms with Gasteiger partial charge in [-0.2, -0.15) is 15.1 Å². The highest BCUT2D eigenvalue weighted by Crippen LogP contribution is 2.32. The maximum absolute atomic E-state index is 12.6. The molecule has 2 aliphatic rings. The third kappa shape index (κ3) is 5.46. The monoisotopic (exact) mass is 490 g/mol. The number of hydrazone groups is 1. The molecule has 0 fully saturated rings. The van der Waals surface area contributed by atoms with Crippen LogP contribution >= 0.6 is 11.8 Å². The van der Waals surface area contributed by atoms with E-state index in [1.807, 2.05) is 37.3 Å². The molecule has 2 heterocycles. The van der Waals surface area contributed by atoms with Gasteiger partial charge in [-0.15, -0.1) is 6.58 Å². The molecule has 180 valence electrons. The van der Waals surface area contributed by atoms with Crippen LogP contribution in [0.15, 0.2) is 70.8 Å². The summed E-state index contributed by atoms with van der Waals surface area (Å²) < 4.78 is 17.2. The van der Waals surface area contributed by atoms with Gasteiger partial charge in [0.2, 0.25) is 5.17 Å². The predicted octanol–water partition coefficient (Wildman–Crippen LogP) is 4.91. The maximum atomic E-state index is 12.6. The van der Waals surface area contributed by atoms with E-state index >= 15 is 0 Å². The minimum Gasteiger partial charge on any atom is -0.493 e. The predicted molar refractivity (Wildman–Crippen MR) is 140 cm³/mol. The molecule has 2 aliphatic heterocycles. The molecule has 2 aromatic carbocycles. The molecule has 2 aromatic rings. The lowest BCUT2D eigenvalue weighted by Gasteiger charge is -2.20. The topological polar surface area (TPSA) is 96.6 Å². The summed E-state index contributed by atoms with van der Waals surface area (Å²) in [5.74, 6) is 1.41. The van der Waals surface area contributed by atoms with Crippen LogP contribution in [0.3, 0.4) is 0 Å². The number of carbonyl (C=O) groups is 1. The minimum absolute atomic E-state index is 0.00382. The van der Waals surface area contributed by atoms with E-state index in [1.165, 1.54) is 16.8 Å². The number of benzene rings is 2. The fourth-order valence-corrected chi connectivity index (χ4v) is 4.33. The number of thioether (sulfide) groups is 1. The third-order valence-corrected chi connectivity index (χ3v) is 6.29. The number of hydrogen-bond donors (Lipinski definition) is 1. The van der Waals surface area contributed by atoms with E-state index in [2.05, 4.69) is 16.7 Å². The number of allylic oxidation sites excluding steroid dienone is 1. The fourth-order valence-electron chi connectivity index (χ4n) is 3.51. The highest BCUT2D eigenvalue weighted by molar-refractivity contribution is 8.26. The van der Waals surface area contributed by atoms with Gasteiger partial charge in [0, 0.05) is 0 Å². The summed E-state index contributed by atoms with van der Waals surface area (Å²) in [4.78, 5) is 16.7. The van der Waals surface area contributed by atoms with Crippen molar-refractivity contribution in [1.82, 2.24) is 5.01 Å². The number of hydrogen-bond acceptors (Lipinski definition) is 7. The molecule has 0 aliphatic carbocycles. The van der Waals surface area contributed by atoms with Crippen molar-refractivity contribution in [3.8, 4) is 17.2 Å². The van der Waals surface area contributed by atoms with Gasteiger partial charge in [0.1, 0.15) is 24.0 Å². The van der Waals surface area contributed by atoms with E-state index in [-0.39, 0.29) is 11.4 Å². The number of ether oxygens (including phenoxy) is 3. The summed E-state index contributed by atoms with van der Waals surface area (Å²) in [6.07, 6.45) is 4.90. The van der Waals surface area contributed by atoms with Gasteiger partial charge < -0.3 is 14.2 Å². The van der Waals surface area contributed by atoms with Gasteiger partial charge in [0.05, 0.1) is 12.7 Å². The van der Waals surface area contributed by atoms with E-state index in [0.717, 1.165) is 22.8 Å². The second kappa shape index (κ2) is 11.1. The minimum atomic E-state index is -0.463. The van der Waals surface area contributed by atoms with Crippen LogP contribution in [-0.4, -0.2) is 47.3 Å². The Morgan fingerprint density at radius 3 is 2.63 bits per heavy atom. The summed E-state index contributed by atoms with van der Waals surface area (Å²) in [6, 6.07) is 13.1. The maximum Gasteiger partial charge on any atom is 0.283 e. The molecule has 9 heteroatoms. The zero-order valence-corrected chi connectivity index (χ0v) is 20.4. The molecule has 35 heavy (non-hydrogen) atoms. The molecule has 0 saturated heterocycles. The first-order valence-electron chi connectivity index (χ1n) is 11.2. The molecular weight excluding hydrogens is 464 g/mol. The van der Waals surface area contributed by atoms with Crippen molar-refractivity contribution < 1.29 is 19.0 Å². The van der Waals surface area contributed by atoms with E-state index < -0.39 is 5.91 Å². The molecule has 0 aromatic heterocycles. The van der Waals surface area contributed by atoms with Crippen LogP contribution in [0.5, 0.6) is 17.2 Å². The molecule has 1 amide bonds. The number of aliphatic imine (C=N–C) groups is 1. The Morgan fingerprint density at radius 1 is 1.11 bits per heavy atom. The molecule has 0 unspecified atom stereocenters. The van der Waals surface area contributed by atoms with Crippen LogP contribution in [-0.2, 0) is 11.2 Å². The van der Waals surface area contributed by atoms with Crippen LogP contribution in [0.2, 0.25) is 0 Å². The van der Waals surface area contributed by atoms with Gasteiger partial charge >= 0.3 is 0 Å². The standard InChI is InChI=1S/C26H26N4O4S/c1-4-8-18-9-6-7-10-20(18)33-13-14-34-21-12-11-17(16-22(21)32-3)15-19-24(27)30-26(28-25(19)31)35-23(5-2)29-30/h4,6-7,9-12,15-16,27H,1,5,8,13-14H2,2-3H3. The number of fused-ring (bicyclic) bond motifs is 1. The van der Waals surface area contributed by atoms with E-state index in [0.29, 0.717) is 41.9 Å². The Hall–Kier alpha value is -3.85. The summed E-state index contributed by atoms with van der Waals surface area (Å²) in [5.41, 5.74) is 1.92. The number of amidine groups is 2. The first-order valence-corrected chi connectivity index (χ1v) is 12.0. The number of nitrogens with one attached hydrogen (secondary N) is 1. The smallest absolute Gasteiger partial charge is 0.283 e. The molecule has 0 saturated carbocycles. The summed E-state index contributed by atoms with van der Waals surface area (Å²) in [6.45, 7) is 6.44. The molecule has 0 spiro atoms. The molecule has 0 radical (unpaired) electrons. The van der Waals surface area contributed by atoms with Crippen LogP contribution in [0.25, 0.3) is 6.08 Å². The fraction of sp³-hybridized carbons (Fsp3) is 0.231. The lowest BCUT2D eigenvalue weighted by atomic mass is 10.1.